The van der Waals surface area contributed by atoms with E-state index in [2.05, 4.69) is 4.98 Å². The zero-order valence-corrected chi connectivity index (χ0v) is 18.4. The lowest BCUT2D eigenvalue weighted by Crippen LogP contribution is -2.31. The van der Waals surface area contributed by atoms with Crippen LogP contribution in [0.25, 0.3) is 11.1 Å². The molecule has 1 unspecified atom stereocenters. The topological polar surface area (TPSA) is 33.2 Å². The number of aromatic nitrogens is 1. The van der Waals surface area contributed by atoms with Gasteiger partial charge in [-0.2, -0.15) is 26.3 Å². The highest BCUT2D eigenvalue weighted by atomic mass is 19.4. The van der Waals surface area contributed by atoms with Gasteiger partial charge in [-0.05, 0) is 59.5 Å². The van der Waals surface area contributed by atoms with Gasteiger partial charge in [-0.3, -0.25) is 9.78 Å². The van der Waals surface area contributed by atoms with Crippen LogP contribution in [0.15, 0.2) is 67.0 Å². The Bertz CT molecular complexity index is 1090. The van der Waals surface area contributed by atoms with Crippen LogP contribution in [0.3, 0.4) is 0 Å². The lowest BCUT2D eigenvalue weighted by atomic mass is 9.96. The predicted molar refractivity (Wildman–Crippen MR) is 116 cm³/mol. The summed E-state index contributed by atoms with van der Waals surface area (Å²) < 4.78 is 78.9. The van der Waals surface area contributed by atoms with Gasteiger partial charge in [0.1, 0.15) is 0 Å². The van der Waals surface area contributed by atoms with Crippen LogP contribution < -0.4 is 0 Å². The second kappa shape index (κ2) is 9.87. The van der Waals surface area contributed by atoms with Gasteiger partial charge in [0.25, 0.3) is 5.91 Å². The number of carbonyl (C=O) groups is 1. The van der Waals surface area contributed by atoms with E-state index in [9.17, 15) is 31.1 Å². The summed E-state index contributed by atoms with van der Waals surface area (Å²) in [7, 11) is 1.64. The lowest BCUT2D eigenvalue weighted by Gasteiger charge is -2.24. The molecule has 0 saturated heterocycles. The fourth-order valence-corrected chi connectivity index (χ4v) is 3.65. The Labute approximate surface area is 193 Å². The molecule has 0 aliphatic heterocycles. The molecule has 2 aromatic carbocycles. The molecule has 0 aliphatic rings. The average Bonchev–Trinajstić information content (AvgIpc) is 2.81. The quantitative estimate of drug-likeness (QED) is 0.354. The summed E-state index contributed by atoms with van der Waals surface area (Å²) in [5.41, 5.74) is -1.62. The SMILES string of the molecule is CCC(CN(C)C(=O)c1ccc(-c2cc(C(F)(F)F)cc(C(F)(F)F)c2)cc1)c1cccnc1. The smallest absolute Gasteiger partial charge is 0.341 e. The molecule has 1 atom stereocenters. The molecule has 0 bridgehead atoms. The summed E-state index contributed by atoms with van der Waals surface area (Å²) in [6.45, 7) is 2.42. The van der Waals surface area contributed by atoms with Gasteiger partial charge in [-0.15, -0.1) is 0 Å². The summed E-state index contributed by atoms with van der Waals surface area (Å²) in [5, 5.41) is 0. The number of amides is 1. The molecule has 0 aliphatic carbocycles. The first kappa shape index (κ1) is 25.3. The van der Waals surface area contributed by atoms with Crippen LogP contribution in [0.1, 0.15) is 46.3 Å². The van der Waals surface area contributed by atoms with E-state index >= 15 is 0 Å². The third-order valence-electron chi connectivity index (χ3n) is 5.54. The molecule has 0 N–H and O–H groups in total. The van der Waals surface area contributed by atoms with Crippen LogP contribution in [0, 0.1) is 0 Å². The number of nitrogens with zero attached hydrogens (tertiary/aromatic N) is 2. The number of benzene rings is 2. The molecule has 9 heteroatoms. The zero-order valence-electron chi connectivity index (χ0n) is 18.4. The minimum absolute atomic E-state index is 0.0628. The second-order valence-electron chi connectivity index (χ2n) is 7.95. The first-order valence-electron chi connectivity index (χ1n) is 10.5. The van der Waals surface area contributed by atoms with Gasteiger partial charge in [-0.25, -0.2) is 0 Å². The van der Waals surface area contributed by atoms with Crippen LogP contribution in [0.4, 0.5) is 26.3 Å². The molecule has 0 radical (unpaired) electrons. The van der Waals surface area contributed by atoms with Crippen molar-refractivity contribution < 1.29 is 31.1 Å². The van der Waals surface area contributed by atoms with E-state index < -0.39 is 23.5 Å². The molecule has 1 aromatic heterocycles. The first-order chi connectivity index (χ1) is 15.9. The fourth-order valence-electron chi connectivity index (χ4n) is 3.65. The second-order valence-corrected chi connectivity index (χ2v) is 7.95. The molecule has 3 aromatic rings. The van der Waals surface area contributed by atoms with Gasteiger partial charge < -0.3 is 4.90 Å². The molecule has 1 heterocycles. The average molecular weight is 480 g/mol. The van der Waals surface area contributed by atoms with Crippen LogP contribution in [0.2, 0.25) is 0 Å². The van der Waals surface area contributed by atoms with Crippen molar-refractivity contribution in [2.75, 3.05) is 13.6 Å². The van der Waals surface area contributed by atoms with E-state index in [1.54, 1.807) is 19.4 Å². The van der Waals surface area contributed by atoms with E-state index in [-0.39, 0.29) is 34.6 Å². The van der Waals surface area contributed by atoms with Crippen molar-refractivity contribution in [2.24, 2.45) is 0 Å². The molecule has 3 rings (SSSR count). The van der Waals surface area contributed by atoms with Crippen LogP contribution in [0.5, 0.6) is 0 Å². The maximum absolute atomic E-state index is 13.1. The Morgan fingerprint density at radius 2 is 1.50 bits per heavy atom. The van der Waals surface area contributed by atoms with E-state index in [0.29, 0.717) is 18.7 Å². The molecule has 180 valence electrons. The zero-order chi connectivity index (χ0) is 25.1. The summed E-state index contributed by atoms with van der Waals surface area (Å²) in [6.07, 6.45) is -5.68. The predicted octanol–water partition coefficient (Wildman–Crippen LogP) is 7.05. The highest BCUT2D eigenvalue weighted by Gasteiger charge is 2.37. The van der Waals surface area contributed by atoms with E-state index in [0.717, 1.165) is 12.0 Å². The van der Waals surface area contributed by atoms with E-state index in [1.165, 1.54) is 29.2 Å². The highest BCUT2D eigenvalue weighted by Crippen LogP contribution is 2.38. The monoisotopic (exact) mass is 480 g/mol. The largest absolute Gasteiger partial charge is 0.416 e. The third-order valence-corrected chi connectivity index (χ3v) is 5.54. The fraction of sp³-hybridized carbons (Fsp3) is 0.280. The van der Waals surface area contributed by atoms with Crippen molar-refractivity contribution >= 4 is 5.91 Å². The Balaban J connectivity index is 1.84. The molecule has 0 saturated carbocycles. The van der Waals surface area contributed by atoms with Crippen LogP contribution >= 0.6 is 0 Å². The van der Waals surface area contributed by atoms with Gasteiger partial charge in [0, 0.05) is 37.5 Å². The minimum Gasteiger partial charge on any atom is -0.341 e. The molecule has 1 amide bonds. The standard InChI is InChI=1S/C25H22F6N2O/c1-3-16(19-5-4-10-32-14-19)15-33(2)23(34)18-8-6-17(7-9-18)20-11-21(24(26,27)28)13-22(12-20)25(29,30)31/h4-14,16H,3,15H2,1-2H3. The molecular weight excluding hydrogens is 458 g/mol. The van der Waals surface area contributed by atoms with Crippen molar-refractivity contribution in [3.8, 4) is 11.1 Å². The van der Waals surface area contributed by atoms with Crippen molar-refractivity contribution in [3.63, 3.8) is 0 Å². The van der Waals surface area contributed by atoms with E-state index in [4.69, 9.17) is 0 Å². The number of pyridine rings is 1. The number of hydrogen-bond acceptors (Lipinski definition) is 2. The van der Waals surface area contributed by atoms with Gasteiger partial charge >= 0.3 is 12.4 Å². The minimum atomic E-state index is -4.93. The Morgan fingerprint density at radius 3 is 1.97 bits per heavy atom. The van der Waals surface area contributed by atoms with Crippen molar-refractivity contribution in [1.29, 1.82) is 0 Å². The van der Waals surface area contributed by atoms with Crippen LogP contribution in [-0.4, -0.2) is 29.4 Å². The maximum atomic E-state index is 13.1. The Kier molecular flexibility index (Phi) is 7.33. The van der Waals surface area contributed by atoms with Gasteiger partial charge in [0.2, 0.25) is 0 Å². The van der Waals surface area contributed by atoms with Gasteiger partial charge in [0.05, 0.1) is 11.1 Å². The summed E-state index contributed by atoms with van der Waals surface area (Å²) in [6, 6.07) is 10.6. The number of likely N-dealkylation sites (N-methyl/N-ethyl adjacent to an activating group) is 1. The van der Waals surface area contributed by atoms with Crippen molar-refractivity contribution in [2.45, 2.75) is 31.6 Å². The number of carbonyl (C=O) groups excluding carboxylic acids is 1. The van der Waals surface area contributed by atoms with Crippen molar-refractivity contribution in [1.82, 2.24) is 9.88 Å². The first-order valence-corrected chi connectivity index (χ1v) is 10.5. The normalized spacial score (nSPS) is 12.9. The highest BCUT2D eigenvalue weighted by molar-refractivity contribution is 5.94. The molecule has 3 nitrogen and oxygen atoms in total. The summed E-state index contributed by atoms with van der Waals surface area (Å²) in [5.74, 6) is -0.248. The molecule has 0 fully saturated rings. The van der Waals surface area contributed by atoms with Crippen LogP contribution in [-0.2, 0) is 12.4 Å². The van der Waals surface area contributed by atoms with E-state index in [1.807, 2.05) is 19.1 Å². The van der Waals surface area contributed by atoms with Crippen molar-refractivity contribution in [3.05, 3.63) is 89.2 Å². The number of rotatable bonds is 6. The maximum Gasteiger partial charge on any atom is 0.416 e. The number of halogens is 6. The molecule has 34 heavy (non-hydrogen) atoms. The van der Waals surface area contributed by atoms with Gasteiger partial charge in [-0.1, -0.05) is 25.1 Å². The third kappa shape index (κ3) is 5.95. The molecule has 0 spiro atoms. The Hall–Kier alpha value is -3.36. The summed E-state index contributed by atoms with van der Waals surface area (Å²) in [4.78, 5) is 18.5. The Morgan fingerprint density at radius 1 is 0.912 bits per heavy atom. The molecular formula is C25H22F6N2O. The lowest BCUT2D eigenvalue weighted by molar-refractivity contribution is -0.143. The number of hydrogen-bond donors (Lipinski definition) is 0. The number of alkyl halides is 6. The van der Waals surface area contributed by atoms with Gasteiger partial charge in [0.15, 0.2) is 0 Å². The summed E-state index contributed by atoms with van der Waals surface area (Å²) >= 11 is 0.